The number of likely N-dealkylation sites (N-methyl/N-ethyl adjacent to an activating group) is 1. The van der Waals surface area contributed by atoms with Gasteiger partial charge in [-0.15, -0.1) is 0 Å². The summed E-state index contributed by atoms with van der Waals surface area (Å²) < 4.78 is 17.2. The second-order valence-corrected chi connectivity index (χ2v) is 18.0. The predicted octanol–water partition coefficient (Wildman–Crippen LogP) is 13.7. The van der Waals surface area contributed by atoms with E-state index in [0.29, 0.717) is 12.8 Å². The minimum Gasteiger partial charge on any atom is -0.544 e. The molecule has 0 aliphatic heterocycles. The van der Waals surface area contributed by atoms with E-state index in [2.05, 4.69) is 111 Å². The molecule has 0 fully saturated rings. The summed E-state index contributed by atoms with van der Waals surface area (Å²) in [5.41, 5.74) is 0. The van der Waals surface area contributed by atoms with Gasteiger partial charge < -0.3 is 28.6 Å². The number of rotatable bonds is 45. The van der Waals surface area contributed by atoms with Gasteiger partial charge in [0.2, 0.25) is 0 Å². The summed E-state index contributed by atoms with van der Waals surface area (Å²) in [5.74, 6) is -1.77. The van der Waals surface area contributed by atoms with Crippen molar-refractivity contribution >= 4 is 17.9 Å². The molecule has 0 aliphatic rings. The van der Waals surface area contributed by atoms with Crippen LogP contribution in [0.4, 0.5) is 0 Å². The molecule has 0 bridgehead atoms. The highest BCUT2D eigenvalue weighted by molar-refractivity contribution is 5.70. The van der Waals surface area contributed by atoms with Gasteiger partial charge in [-0.1, -0.05) is 182 Å². The lowest BCUT2D eigenvalue weighted by molar-refractivity contribution is -0.889. The molecule has 0 aromatic rings. The quantitative estimate of drug-likeness (QED) is 0.0259. The molecule has 65 heavy (non-hydrogen) atoms. The second kappa shape index (κ2) is 46.8. The van der Waals surface area contributed by atoms with E-state index in [1.54, 1.807) is 21.1 Å². The van der Waals surface area contributed by atoms with Crippen LogP contribution in [0.5, 0.6) is 0 Å². The summed E-state index contributed by atoms with van der Waals surface area (Å²) in [6.45, 7) is 4.41. The number of hydrogen-bond acceptors (Lipinski definition) is 7. The van der Waals surface area contributed by atoms with Crippen molar-refractivity contribution in [1.29, 1.82) is 0 Å². The first-order valence-electron chi connectivity index (χ1n) is 25.8. The Morgan fingerprint density at radius 1 is 0.462 bits per heavy atom. The van der Waals surface area contributed by atoms with E-state index in [1.165, 1.54) is 51.4 Å². The van der Waals surface area contributed by atoms with E-state index >= 15 is 0 Å². The second-order valence-electron chi connectivity index (χ2n) is 18.0. The van der Waals surface area contributed by atoms with Crippen LogP contribution in [0.1, 0.15) is 194 Å². The van der Waals surface area contributed by atoms with Crippen LogP contribution in [0, 0.1) is 0 Å². The molecular weight excluding hydrogens is 811 g/mol. The molecule has 0 spiro atoms. The van der Waals surface area contributed by atoms with Crippen LogP contribution in [0.15, 0.2) is 97.2 Å². The van der Waals surface area contributed by atoms with Crippen LogP contribution in [-0.2, 0) is 28.6 Å². The van der Waals surface area contributed by atoms with Gasteiger partial charge in [0, 0.05) is 19.3 Å². The number of nitrogens with zero attached hydrogens (tertiary/aromatic N) is 1. The number of esters is 2. The van der Waals surface area contributed by atoms with Gasteiger partial charge in [-0.2, -0.15) is 0 Å². The Balaban J connectivity index is 4.29. The number of carbonyl (C=O) groups excluding carboxylic acids is 3. The van der Waals surface area contributed by atoms with Gasteiger partial charge in [-0.3, -0.25) is 9.59 Å². The number of ether oxygens (including phenoxy) is 3. The van der Waals surface area contributed by atoms with Gasteiger partial charge in [0.05, 0.1) is 40.3 Å². The maximum atomic E-state index is 12.8. The largest absolute Gasteiger partial charge is 0.544 e. The van der Waals surface area contributed by atoms with Crippen molar-refractivity contribution < 1.29 is 38.2 Å². The number of quaternary nitrogens is 1. The standard InChI is InChI=1S/C57H95NO7/c1-6-8-10-12-14-16-18-20-22-24-26-27-28-30-32-34-36-38-40-42-44-46-48-56(60)65-53(51-63-50-49-54(57(61)62)58(3,4)5)52-64-55(59)47-45-43-41-39-37-35-33-31-29-25-23-21-19-17-15-13-11-9-7-2/h8-11,14-17,20-23,26-27,29,31,53-54H,6-7,12-13,18-19,24-25,28,30,32-52H2,1-5H3/b10-8+,11-9+,16-14+,17-15+,22-20+,23-21+,27-26+,31-29+. The van der Waals surface area contributed by atoms with E-state index in [1.807, 2.05) is 0 Å². The highest BCUT2D eigenvalue weighted by atomic mass is 16.6. The summed E-state index contributed by atoms with van der Waals surface area (Å²) in [5, 5.41) is 11.7. The maximum absolute atomic E-state index is 12.8. The van der Waals surface area contributed by atoms with Crippen molar-refractivity contribution in [3.63, 3.8) is 0 Å². The molecule has 0 aromatic heterocycles. The van der Waals surface area contributed by atoms with Gasteiger partial charge in [0.1, 0.15) is 12.6 Å². The van der Waals surface area contributed by atoms with Gasteiger partial charge in [0.15, 0.2) is 6.10 Å². The van der Waals surface area contributed by atoms with Gasteiger partial charge in [-0.05, 0) is 89.9 Å². The summed E-state index contributed by atoms with van der Waals surface area (Å²) >= 11 is 0. The molecule has 0 heterocycles. The zero-order valence-corrected chi connectivity index (χ0v) is 42.1. The predicted molar refractivity (Wildman–Crippen MR) is 272 cm³/mol. The number of carbonyl (C=O) groups is 3. The Kier molecular flexibility index (Phi) is 44.1. The van der Waals surface area contributed by atoms with Gasteiger partial charge in [-0.25, -0.2) is 0 Å². The maximum Gasteiger partial charge on any atom is 0.306 e. The number of unbranched alkanes of at least 4 members (excludes halogenated alkanes) is 15. The molecule has 0 saturated carbocycles. The lowest BCUT2D eigenvalue weighted by atomic mass is 10.1. The van der Waals surface area contributed by atoms with Crippen molar-refractivity contribution in [2.45, 2.75) is 206 Å². The number of carboxylic acids is 1. The fourth-order valence-corrected chi connectivity index (χ4v) is 7.05. The third-order valence-corrected chi connectivity index (χ3v) is 11.0. The van der Waals surface area contributed by atoms with E-state index in [4.69, 9.17) is 14.2 Å². The molecule has 2 atom stereocenters. The summed E-state index contributed by atoms with van der Waals surface area (Å²) in [4.78, 5) is 37.1. The molecule has 0 saturated heterocycles. The average molecular weight is 906 g/mol. The lowest BCUT2D eigenvalue weighted by Gasteiger charge is -2.34. The van der Waals surface area contributed by atoms with E-state index in [0.717, 1.165) is 109 Å². The Morgan fingerprint density at radius 2 is 0.815 bits per heavy atom. The Bertz CT molecular complexity index is 1380. The van der Waals surface area contributed by atoms with Crippen LogP contribution in [0.2, 0.25) is 0 Å². The zero-order valence-electron chi connectivity index (χ0n) is 42.1. The monoisotopic (exact) mass is 906 g/mol. The normalized spacial score (nSPS) is 13.7. The molecule has 0 radical (unpaired) electrons. The smallest absolute Gasteiger partial charge is 0.306 e. The Labute approximate surface area is 398 Å². The lowest BCUT2D eigenvalue weighted by Crippen LogP contribution is -2.55. The number of hydrogen-bond donors (Lipinski definition) is 0. The fourth-order valence-electron chi connectivity index (χ4n) is 7.05. The first-order chi connectivity index (χ1) is 31.6. The highest BCUT2D eigenvalue weighted by Crippen LogP contribution is 2.14. The van der Waals surface area contributed by atoms with E-state index < -0.39 is 18.1 Å². The molecule has 0 N–H and O–H groups in total. The molecule has 2 unspecified atom stereocenters. The van der Waals surface area contributed by atoms with Crippen molar-refractivity contribution in [3.8, 4) is 0 Å². The van der Waals surface area contributed by atoms with Crippen molar-refractivity contribution in [1.82, 2.24) is 0 Å². The molecule has 0 amide bonds. The molecule has 8 heteroatoms. The molecular formula is C57H95NO7. The Morgan fingerprint density at radius 3 is 1.20 bits per heavy atom. The van der Waals surface area contributed by atoms with Crippen LogP contribution in [0.3, 0.4) is 0 Å². The third-order valence-electron chi connectivity index (χ3n) is 11.0. The molecule has 370 valence electrons. The van der Waals surface area contributed by atoms with Crippen LogP contribution in [0.25, 0.3) is 0 Å². The highest BCUT2D eigenvalue weighted by Gasteiger charge is 2.25. The zero-order chi connectivity index (χ0) is 47.7. The summed E-state index contributed by atoms with van der Waals surface area (Å²) in [6, 6.07) is -0.735. The summed E-state index contributed by atoms with van der Waals surface area (Å²) in [6.07, 6.45) is 62.9. The SMILES string of the molecule is CC/C=C/C/C=C/C/C=C/C/C=C/CCCCCCCCCCCC(=O)OC(COCCC(C(=O)[O-])[N+](C)(C)C)COC(=O)CCCCCCCC/C=C/C/C=C/C/C=C/C/C=C/CC. The van der Waals surface area contributed by atoms with Crippen LogP contribution < -0.4 is 5.11 Å². The number of allylic oxidation sites excluding steroid dienone is 16. The minimum absolute atomic E-state index is 0.0281. The topological polar surface area (TPSA) is 102 Å². The number of aliphatic carboxylic acids is 1. The third kappa shape index (κ3) is 45.2. The van der Waals surface area contributed by atoms with Crippen molar-refractivity contribution in [2.75, 3.05) is 41.0 Å². The Hall–Kier alpha value is -3.75. The molecule has 0 rings (SSSR count). The van der Waals surface area contributed by atoms with Crippen LogP contribution in [-0.4, -0.2) is 75.5 Å². The van der Waals surface area contributed by atoms with E-state index in [-0.39, 0.29) is 42.7 Å². The van der Waals surface area contributed by atoms with Gasteiger partial charge >= 0.3 is 11.9 Å². The first kappa shape index (κ1) is 61.2. The first-order valence-corrected chi connectivity index (χ1v) is 25.8. The van der Waals surface area contributed by atoms with Crippen LogP contribution >= 0.6 is 0 Å². The summed E-state index contributed by atoms with van der Waals surface area (Å²) in [7, 11) is 5.40. The average Bonchev–Trinajstić information content (AvgIpc) is 3.27. The fraction of sp³-hybridized carbons (Fsp3) is 0.667. The molecule has 0 aromatic carbocycles. The van der Waals surface area contributed by atoms with Crippen molar-refractivity contribution in [3.05, 3.63) is 97.2 Å². The van der Waals surface area contributed by atoms with Crippen molar-refractivity contribution in [2.24, 2.45) is 0 Å². The molecule has 0 aliphatic carbocycles. The van der Waals surface area contributed by atoms with Gasteiger partial charge in [0.25, 0.3) is 0 Å². The molecule has 8 nitrogen and oxygen atoms in total. The van der Waals surface area contributed by atoms with E-state index in [9.17, 15) is 19.5 Å². The minimum atomic E-state index is -1.13. The number of carboxylic acid groups (broad SMARTS) is 1.